The third-order valence-corrected chi connectivity index (χ3v) is 6.52. The maximum atomic E-state index is 13.3. The van der Waals surface area contributed by atoms with Crippen molar-refractivity contribution in [1.82, 2.24) is 9.80 Å². The molecule has 164 valence electrons. The number of thioether (sulfide) groups is 1. The molecule has 1 amide bonds. The predicted octanol–water partition coefficient (Wildman–Crippen LogP) is 3.68. The van der Waals surface area contributed by atoms with E-state index in [-0.39, 0.29) is 11.3 Å². The first kappa shape index (κ1) is 23.1. The van der Waals surface area contributed by atoms with Crippen LogP contribution in [0.1, 0.15) is 28.5 Å². The van der Waals surface area contributed by atoms with Gasteiger partial charge in [-0.3, -0.25) is 9.69 Å². The highest BCUT2D eigenvalue weighted by atomic mass is 32.2. The molecule has 1 fully saturated rings. The number of hydrogen-bond acceptors (Lipinski definition) is 6. The fourth-order valence-corrected chi connectivity index (χ4v) is 4.97. The third-order valence-electron chi connectivity index (χ3n) is 5.26. The molecule has 1 aliphatic rings. The van der Waals surface area contributed by atoms with Gasteiger partial charge >= 0.3 is 0 Å². The van der Waals surface area contributed by atoms with Crippen molar-refractivity contribution in [3.8, 4) is 11.8 Å². The summed E-state index contributed by atoms with van der Waals surface area (Å²) in [7, 11) is 3.34. The van der Waals surface area contributed by atoms with Gasteiger partial charge in [0.05, 0.1) is 25.3 Å². The summed E-state index contributed by atoms with van der Waals surface area (Å²) in [6, 6.07) is 17.7. The zero-order valence-corrected chi connectivity index (χ0v) is 18.9. The summed E-state index contributed by atoms with van der Waals surface area (Å²) in [5, 5.41) is 9.21. The highest BCUT2D eigenvalue weighted by molar-refractivity contribution is 7.99. The van der Waals surface area contributed by atoms with E-state index in [2.05, 4.69) is 11.0 Å². The van der Waals surface area contributed by atoms with Crippen LogP contribution in [-0.4, -0.2) is 61.9 Å². The molecule has 6 nitrogen and oxygen atoms in total. The first-order valence-corrected chi connectivity index (χ1v) is 11.4. The molecule has 2 aromatic carbocycles. The molecule has 0 spiro atoms. The van der Waals surface area contributed by atoms with Gasteiger partial charge in [0.2, 0.25) is 5.91 Å². The Morgan fingerprint density at radius 2 is 2.06 bits per heavy atom. The minimum absolute atomic E-state index is 0.0288. The summed E-state index contributed by atoms with van der Waals surface area (Å²) in [6.07, 6.45) is 0.846. The van der Waals surface area contributed by atoms with E-state index < -0.39 is 0 Å². The smallest absolute Gasteiger partial charge is 0.237 e. The van der Waals surface area contributed by atoms with Gasteiger partial charge in [-0.25, -0.2) is 0 Å². The lowest BCUT2D eigenvalue weighted by Crippen LogP contribution is -2.40. The minimum Gasteiger partial charge on any atom is -0.497 e. The van der Waals surface area contributed by atoms with Crippen LogP contribution in [0.4, 0.5) is 0 Å². The Hall–Kier alpha value is -2.53. The van der Waals surface area contributed by atoms with Crippen molar-refractivity contribution in [3.05, 3.63) is 65.2 Å². The van der Waals surface area contributed by atoms with Gasteiger partial charge in [0.25, 0.3) is 0 Å². The molecule has 0 bridgehead atoms. The monoisotopic (exact) mass is 439 g/mol. The number of carbonyl (C=O) groups is 1. The molecule has 7 heteroatoms. The van der Waals surface area contributed by atoms with E-state index in [1.165, 1.54) is 0 Å². The van der Waals surface area contributed by atoms with Gasteiger partial charge in [-0.15, -0.1) is 11.8 Å². The normalized spacial score (nSPS) is 15.8. The Labute approximate surface area is 188 Å². The van der Waals surface area contributed by atoms with Crippen LogP contribution in [0.25, 0.3) is 0 Å². The van der Waals surface area contributed by atoms with E-state index in [4.69, 9.17) is 9.47 Å². The Balaban J connectivity index is 1.69. The van der Waals surface area contributed by atoms with E-state index >= 15 is 0 Å². The number of nitriles is 1. The standard InChI is InChI=1S/C24H29N3O3S/c1-29-13-4-11-26(17-20-6-3-5-19(15-20)16-25)18-23(28)27-12-14-31-24(27)21-7-9-22(30-2)10-8-21/h3,5-10,15,24H,4,11-14,17-18H2,1-2H3. The minimum atomic E-state index is 0.0288. The third kappa shape index (κ3) is 6.47. The zero-order valence-electron chi connectivity index (χ0n) is 18.1. The van der Waals surface area contributed by atoms with Gasteiger partial charge in [-0.1, -0.05) is 24.3 Å². The Morgan fingerprint density at radius 3 is 2.77 bits per heavy atom. The summed E-state index contributed by atoms with van der Waals surface area (Å²) < 4.78 is 10.5. The highest BCUT2D eigenvalue weighted by Gasteiger charge is 2.31. The quantitative estimate of drug-likeness (QED) is 0.526. The van der Waals surface area contributed by atoms with Gasteiger partial charge in [0.1, 0.15) is 11.1 Å². The summed E-state index contributed by atoms with van der Waals surface area (Å²) in [4.78, 5) is 17.4. The molecule has 1 atom stereocenters. The van der Waals surface area contributed by atoms with Gasteiger partial charge in [-0.2, -0.15) is 5.26 Å². The summed E-state index contributed by atoms with van der Waals surface area (Å²) >= 11 is 1.79. The van der Waals surface area contributed by atoms with Crippen molar-refractivity contribution in [2.45, 2.75) is 18.3 Å². The lowest BCUT2D eigenvalue weighted by atomic mass is 10.1. The predicted molar refractivity (Wildman–Crippen MR) is 123 cm³/mol. The Morgan fingerprint density at radius 1 is 1.26 bits per heavy atom. The molecule has 1 unspecified atom stereocenters. The number of hydrogen-bond donors (Lipinski definition) is 0. The zero-order chi connectivity index (χ0) is 22.1. The van der Waals surface area contributed by atoms with Crippen LogP contribution < -0.4 is 4.74 Å². The van der Waals surface area contributed by atoms with Crippen LogP contribution in [0.5, 0.6) is 5.75 Å². The van der Waals surface area contributed by atoms with Crippen molar-refractivity contribution in [2.75, 3.05) is 46.2 Å². The number of benzene rings is 2. The van der Waals surface area contributed by atoms with Crippen LogP contribution in [0, 0.1) is 11.3 Å². The Bertz CT molecular complexity index is 898. The van der Waals surface area contributed by atoms with Crippen molar-refractivity contribution < 1.29 is 14.3 Å². The molecular weight excluding hydrogens is 410 g/mol. The van der Waals surface area contributed by atoms with Crippen LogP contribution in [0.3, 0.4) is 0 Å². The lowest BCUT2D eigenvalue weighted by Gasteiger charge is -2.28. The molecule has 0 aliphatic carbocycles. The van der Waals surface area contributed by atoms with E-state index in [1.54, 1.807) is 32.0 Å². The van der Waals surface area contributed by atoms with Crippen molar-refractivity contribution >= 4 is 17.7 Å². The van der Waals surface area contributed by atoms with Crippen LogP contribution in [0.15, 0.2) is 48.5 Å². The van der Waals surface area contributed by atoms with E-state index in [1.807, 2.05) is 47.4 Å². The summed E-state index contributed by atoms with van der Waals surface area (Å²) in [5.41, 5.74) is 2.78. The van der Waals surface area contributed by atoms with E-state index in [0.29, 0.717) is 25.3 Å². The number of rotatable bonds is 10. The largest absolute Gasteiger partial charge is 0.497 e. The number of ether oxygens (including phenoxy) is 2. The molecular formula is C24H29N3O3S. The molecule has 3 rings (SSSR count). The molecule has 0 aromatic heterocycles. The van der Waals surface area contributed by atoms with E-state index in [0.717, 1.165) is 42.1 Å². The van der Waals surface area contributed by atoms with Crippen LogP contribution >= 0.6 is 11.8 Å². The van der Waals surface area contributed by atoms with Gasteiger partial charge < -0.3 is 14.4 Å². The van der Waals surface area contributed by atoms with Crippen molar-refractivity contribution in [1.29, 1.82) is 5.26 Å². The van der Waals surface area contributed by atoms with Crippen LogP contribution in [-0.2, 0) is 16.1 Å². The molecule has 1 aliphatic heterocycles. The Kier molecular flexibility index (Phi) is 8.77. The summed E-state index contributed by atoms with van der Waals surface area (Å²) in [5.74, 6) is 1.87. The molecule has 1 heterocycles. The fourth-order valence-electron chi connectivity index (χ4n) is 3.70. The molecule has 1 saturated heterocycles. The second kappa shape index (κ2) is 11.8. The lowest BCUT2D eigenvalue weighted by molar-refractivity contribution is -0.132. The molecule has 2 aromatic rings. The molecule has 31 heavy (non-hydrogen) atoms. The average Bonchev–Trinajstić information content (AvgIpc) is 3.29. The van der Waals surface area contributed by atoms with E-state index in [9.17, 15) is 10.1 Å². The number of amides is 1. The van der Waals surface area contributed by atoms with Gasteiger partial charge in [-0.05, 0) is 41.8 Å². The van der Waals surface area contributed by atoms with Gasteiger partial charge in [0.15, 0.2) is 0 Å². The second-order valence-corrected chi connectivity index (χ2v) is 8.64. The topological polar surface area (TPSA) is 65.8 Å². The van der Waals surface area contributed by atoms with Crippen LogP contribution in [0.2, 0.25) is 0 Å². The number of carbonyl (C=O) groups excluding carboxylic acids is 1. The number of nitrogens with zero attached hydrogens (tertiary/aromatic N) is 3. The second-order valence-electron chi connectivity index (χ2n) is 7.45. The van der Waals surface area contributed by atoms with Crippen molar-refractivity contribution in [3.63, 3.8) is 0 Å². The van der Waals surface area contributed by atoms with Gasteiger partial charge in [0, 0.05) is 39.1 Å². The highest BCUT2D eigenvalue weighted by Crippen LogP contribution is 2.38. The first-order chi connectivity index (χ1) is 15.1. The van der Waals surface area contributed by atoms with Crippen molar-refractivity contribution in [2.24, 2.45) is 0 Å². The molecule has 0 radical (unpaired) electrons. The fraction of sp³-hybridized carbons (Fsp3) is 0.417. The average molecular weight is 440 g/mol. The first-order valence-electron chi connectivity index (χ1n) is 10.4. The molecule has 0 saturated carbocycles. The maximum absolute atomic E-state index is 13.3. The SMILES string of the molecule is COCCCN(CC(=O)N1CCSC1c1ccc(OC)cc1)Cc1cccc(C#N)c1. The number of methoxy groups -OCH3 is 2. The summed E-state index contributed by atoms with van der Waals surface area (Å²) in [6.45, 7) is 3.12. The maximum Gasteiger partial charge on any atom is 0.237 e. The molecule has 0 N–H and O–H groups in total.